The first kappa shape index (κ1) is 14.6. The van der Waals surface area contributed by atoms with Crippen LogP contribution in [0.3, 0.4) is 0 Å². The topological polar surface area (TPSA) is 47.6 Å². The van der Waals surface area contributed by atoms with Crippen molar-refractivity contribution in [1.29, 1.82) is 0 Å². The number of nitrogens with one attached hydrogen (secondary N) is 1. The first-order chi connectivity index (χ1) is 9.74. The van der Waals surface area contributed by atoms with Crippen LogP contribution in [0.25, 0.3) is 0 Å². The van der Waals surface area contributed by atoms with Crippen LogP contribution in [-0.4, -0.2) is 33.0 Å². The molecule has 2 rings (SSSR count). The Balaban J connectivity index is 1.77. The third kappa shape index (κ3) is 4.09. The molecule has 1 aromatic rings. The molecule has 0 aromatic heterocycles. The van der Waals surface area contributed by atoms with E-state index in [2.05, 4.69) is 17.2 Å². The van der Waals surface area contributed by atoms with Crippen LogP contribution in [-0.2, 0) is 14.3 Å². The van der Waals surface area contributed by atoms with Crippen LogP contribution in [0.2, 0.25) is 0 Å². The zero-order chi connectivity index (χ0) is 14.4. The zero-order valence-corrected chi connectivity index (χ0v) is 11.8. The van der Waals surface area contributed by atoms with Gasteiger partial charge in [0.15, 0.2) is 6.29 Å². The van der Waals surface area contributed by atoms with Gasteiger partial charge < -0.3 is 14.8 Å². The average molecular weight is 273 g/mol. The molecule has 0 radical (unpaired) electrons. The highest BCUT2D eigenvalue weighted by Gasteiger charge is 2.41. The summed E-state index contributed by atoms with van der Waals surface area (Å²) in [6, 6.07) is 9.80. The molecule has 4 nitrogen and oxygen atoms in total. The largest absolute Gasteiger partial charge is 0.354 e. The number of methoxy groups -OCH3 is 2. The van der Waals surface area contributed by atoms with Gasteiger partial charge in [0.2, 0.25) is 5.91 Å². The normalized spacial score (nSPS) is 20.1. The molecule has 1 fully saturated rings. The lowest BCUT2D eigenvalue weighted by atomic mass is 10.2. The molecule has 1 saturated carbocycles. The summed E-state index contributed by atoms with van der Waals surface area (Å²) in [6.07, 6.45) is 0.433. The van der Waals surface area contributed by atoms with Crippen molar-refractivity contribution in [3.05, 3.63) is 35.9 Å². The molecule has 106 valence electrons. The molecule has 1 amide bonds. The van der Waals surface area contributed by atoms with E-state index >= 15 is 0 Å². The molecule has 0 unspecified atom stereocenters. The van der Waals surface area contributed by atoms with E-state index in [0.29, 0.717) is 6.54 Å². The molecule has 1 N–H and O–H groups in total. The van der Waals surface area contributed by atoms with Crippen LogP contribution < -0.4 is 5.32 Å². The second-order valence-electron chi connectivity index (χ2n) is 4.73. The Morgan fingerprint density at radius 1 is 1.35 bits per heavy atom. The van der Waals surface area contributed by atoms with E-state index in [1.807, 2.05) is 30.3 Å². The van der Waals surface area contributed by atoms with Gasteiger partial charge in [-0.2, -0.15) is 0 Å². The quantitative estimate of drug-likeness (QED) is 0.652. The van der Waals surface area contributed by atoms with Crippen LogP contribution in [0.5, 0.6) is 0 Å². The maximum atomic E-state index is 11.9. The van der Waals surface area contributed by atoms with Crippen LogP contribution in [0, 0.1) is 23.7 Å². The summed E-state index contributed by atoms with van der Waals surface area (Å²) in [6.45, 7) is 0.362. The molecule has 0 saturated heterocycles. The number of amides is 1. The number of carbonyl (C=O) groups excluding carboxylic acids is 1. The molecule has 0 bridgehead atoms. The summed E-state index contributed by atoms with van der Waals surface area (Å²) in [5.74, 6) is 6.44. The highest BCUT2D eigenvalue weighted by atomic mass is 16.7. The summed E-state index contributed by atoms with van der Waals surface area (Å²) in [7, 11) is 3.09. The predicted molar refractivity (Wildman–Crippen MR) is 75.7 cm³/mol. The third-order valence-corrected chi connectivity index (χ3v) is 3.27. The Hall–Kier alpha value is -1.83. The molecule has 0 heterocycles. The van der Waals surface area contributed by atoms with E-state index in [0.717, 1.165) is 12.0 Å². The third-order valence-electron chi connectivity index (χ3n) is 3.27. The van der Waals surface area contributed by atoms with Crippen molar-refractivity contribution in [2.24, 2.45) is 11.8 Å². The van der Waals surface area contributed by atoms with E-state index in [9.17, 15) is 4.79 Å². The van der Waals surface area contributed by atoms with Crippen LogP contribution in [0.1, 0.15) is 12.0 Å². The first-order valence-electron chi connectivity index (χ1n) is 6.64. The maximum Gasteiger partial charge on any atom is 0.224 e. The van der Waals surface area contributed by atoms with Gasteiger partial charge >= 0.3 is 0 Å². The Morgan fingerprint density at radius 2 is 2.05 bits per heavy atom. The summed E-state index contributed by atoms with van der Waals surface area (Å²) >= 11 is 0. The molecule has 0 aliphatic heterocycles. The monoisotopic (exact) mass is 273 g/mol. The molecule has 1 aromatic carbocycles. The fourth-order valence-electron chi connectivity index (χ4n) is 1.92. The van der Waals surface area contributed by atoms with Gasteiger partial charge in [-0.25, -0.2) is 0 Å². The van der Waals surface area contributed by atoms with Crippen molar-refractivity contribution in [3.63, 3.8) is 0 Å². The van der Waals surface area contributed by atoms with E-state index in [1.54, 1.807) is 14.2 Å². The predicted octanol–water partition coefficient (Wildman–Crippen LogP) is 1.41. The highest BCUT2D eigenvalue weighted by molar-refractivity contribution is 5.82. The fourth-order valence-corrected chi connectivity index (χ4v) is 1.92. The van der Waals surface area contributed by atoms with Crippen molar-refractivity contribution >= 4 is 5.91 Å². The minimum Gasteiger partial charge on any atom is -0.354 e. The fraction of sp³-hybridized carbons (Fsp3) is 0.438. The van der Waals surface area contributed by atoms with Crippen molar-refractivity contribution in [1.82, 2.24) is 5.32 Å². The van der Waals surface area contributed by atoms with Gasteiger partial charge in [-0.05, 0) is 18.6 Å². The van der Waals surface area contributed by atoms with E-state index in [4.69, 9.17) is 9.47 Å². The van der Waals surface area contributed by atoms with E-state index in [1.165, 1.54) is 0 Å². The van der Waals surface area contributed by atoms with Gasteiger partial charge in [0, 0.05) is 25.7 Å². The number of hydrogen-bond donors (Lipinski definition) is 1. The van der Waals surface area contributed by atoms with Gasteiger partial charge in [-0.1, -0.05) is 30.0 Å². The lowest BCUT2D eigenvalue weighted by Gasteiger charge is -2.13. The molecule has 1 aliphatic carbocycles. The standard InChI is InChI=1S/C16H19NO3/c1-19-15(20-2)11-17-16(18)14-10-13(14)9-8-12-6-4-3-5-7-12/h3-7,13-15H,10-11H2,1-2H3,(H,17,18)/t13-,14+/m0/s1. The lowest BCUT2D eigenvalue weighted by Crippen LogP contribution is -2.35. The van der Waals surface area contributed by atoms with Gasteiger partial charge in [0.05, 0.1) is 12.5 Å². The number of carbonyl (C=O) groups is 1. The summed E-state index contributed by atoms with van der Waals surface area (Å²) < 4.78 is 10.0. The lowest BCUT2D eigenvalue weighted by molar-refractivity contribution is -0.128. The van der Waals surface area contributed by atoms with Crippen molar-refractivity contribution in [3.8, 4) is 11.8 Å². The highest BCUT2D eigenvalue weighted by Crippen LogP contribution is 2.37. The number of rotatable bonds is 5. The van der Waals surface area contributed by atoms with E-state index in [-0.39, 0.29) is 17.7 Å². The van der Waals surface area contributed by atoms with Gasteiger partial charge in [-0.15, -0.1) is 0 Å². The van der Waals surface area contributed by atoms with Crippen LogP contribution >= 0.6 is 0 Å². The Bertz CT molecular complexity index is 499. The SMILES string of the molecule is COC(CNC(=O)[C@@H]1C[C@@H]1C#Cc1ccccc1)OC. The van der Waals surface area contributed by atoms with Crippen molar-refractivity contribution in [2.75, 3.05) is 20.8 Å². The van der Waals surface area contributed by atoms with E-state index < -0.39 is 6.29 Å². The smallest absolute Gasteiger partial charge is 0.224 e. The molecule has 4 heteroatoms. The zero-order valence-electron chi connectivity index (χ0n) is 11.8. The molecular formula is C16H19NO3. The Morgan fingerprint density at radius 3 is 2.70 bits per heavy atom. The molecule has 0 spiro atoms. The van der Waals surface area contributed by atoms with Gasteiger partial charge in [0.25, 0.3) is 0 Å². The average Bonchev–Trinajstić information content (AvgIpc) is 3.27. The van der Waals surface area contributed by atoms with Crippen LogP contribution in [0.15, 0.2) is 30.3 Å². The summed E-state index contributed by atoms with van der Waals surface area (Å²) in [5.41, 5.74) is 0.984. The first-order valence-corrected chi connectivity index (χ1v) is 6.64. The van der Waals surface area contributed by atoms with Gasteiger partial charge in [-0.3, -0.25) is 4.79 Å². The number of hydrogen-bond acceptors (Lipinski definition) is 3. The number of ether oxygens (including phenoxy) is 2. The van der Waals surface area contributed by atoms with Gasteiger partial charge in [0.1, 0.15) is 0 Å². The molecular weight excluding hydrogens is 254 g/mol. The number of benzene rings is 1. The van der Waals surface area contributed by atoms with Crippen molar-refractivity contribution < 1.29 is 14.3 Å². The summed E-state index contributed by atoms with van der Waals surface area (Å²) in [4.78, 5) is 11.9. The minimum atomic E-state index is -0.397. The van der Waals surface area contributed by atoms with Crippen LogP contribution in [0.4, 0.5) is 0 Å². The van der Waals surface area contributed by atoms with Crippen molar-refractivity contribution in [2.45, 2.75) is 12.7 Å². The Kier molecular flexibility index (Phi) is 5.16. The molecule has 20 heavy (non-hydrogen) atoms. The molecule has 2 atom stereocenters. The second-order valence-corrected chi connectivity index (χ2v) is 4.73. The Labute approximate surface area is 119 Å². The maximum absolute atomic E-state index is 11.9. The minimum absolute atomic E-state index is 0.000532. The summed E-state index contributed by atoms with van der Waals surface area (Å²) in [5, 5.41) is 2.82. The molecule has 1 aliphatic rings. The second kappa shape index (κ2) is 7.09.